The molecule has 0 aromatic carbocycles. The van der Waals surface area contributed by atoms with Gasteiger partial charge >= 0.3 is 6.09 Å². The van der Waals surface area contributed by atoms with Crippen molar-refractivity contribution >= 4 is 12.4 Å². The van der Waals surface area contributed by atoms with Gasteiger partial charge in [0.25, 0.3) is 0 Å². The third-order valence-electron chi connectivity index (χ3n) is 3.78. The van der Waals surface area contributed by atoms with E-state index < -0.39 is 5.60 Å². The fourth-order valence-corrected chi connectivity index (χ4v) is 2.95. The lowest BCUT2D eigenvalue weighted by Gasteiger charge is -2.23. The lowest BCUT2D eigenvalue weighted by molar-refractivity contribution is -0.108. The number of aldehydes is 1. The number of hydrogen-bond donors (Lipinski definition) is 0. The first-order valence-corrected chi connectivity index (χ1v) is 6.90. The third-order valence-corrected chi connectivity index (χ3v) is 3.78. The molecule has 2 atom stereocenters. The Morgan fingerprint density at radius 1 is 1.22 bits per heavy atom. The van der Waals surface area contributed by atoms with Crippen LogP contribution in [0.3, 0.4) is 0 Å². The van der Waals surface area contributed by atoms with Gasteiger partial charge in [0.15, 0.2) is 0 Å². The summed E-state index contributed by atoms with van der Waals surface area (Å²) in [7, 11) is 0. The second kappa shape index (κ2) is 4.90. The fraction of sp³-hybridized carbons (Fsp3) is 0.857. The lowest BCUT2D eigenvalue weighted by Crippen LogP contribution is -2.29. The maximum atomic E-state index is 12.0. The quantitative estimate of drug-likeness (QED) is 0.561. The first kappa shape index (κ1) is 13.4. The molecule has 4 nitrogen and oxygen atoms in total. The van der Waals surface area contributed by atoms with Crippen molar-refractivity contribution in [3.05, 3.63) is 0 Å². The number of carbonyl (C=O) groups is 2. The van der Waals surface area contributed by atoms with Crippen molar-refractivity contribution in [1.82, 2.24) is 4.90 Å². The Kier molecular flexibility index (Phi) is 3.64. The van der Waals surface area contributed by atoms with E-state index in [1.165, 1.54) is 19.3 Å². The Hall–Kier alpha value is -1.06. The van der Waals surface area contributed by atoms with Crippen LogP contribution in [0.4, 0.5) is 4.79 Å². The highest BCUT2D eigenvalue weighted by molar-refractivity contribution is 5.81. The molecule has 1 aliphatic carbocycles. The van der Waals surface area contributed by atoms with Gasteiger partial charge < -0.3 is 9.53 Å². The predicted molar refractivity (Wildman–Crippen MR) is 68.3 cm³/mol. The average Bonchev–Trinajstić information content (AvgIpc) is 3.02. The molecule has 0 radical (unpaired) electrons. The van der Waals surface area contributed by atoms with Gasteiger partial charge in [-0.05, 0) is 39.5 Å². The van der Waals surface area contributed by atoms with Gasteiger partial charge in [0.2, 0.25) is 0 Å². The van der Waals surface area contributed by atoms with Crippen LogP contribution in [0, 0.1) is 5.92 Å². The van der Waals surface area contributed by atoms with E-state index in [1.54, 1.807) is 4.90 Å². The van der Waals surface area contributed by atoms with Crippen LogP contribution in [-0.4, -0.2) is 35.0 Å². The normalized spacial score (nSPS) is 28.9. The molecule has 1 aliphatic heterocycles. The second-order valence-electron chi connectivity index (χ2n) is 6.40. The molecule has 0 aromatic rings. The zero-order valence-electron chi connectivity index (χ0n) is 11.5. The predicted octanol–water partition coefficient (Wildman–Crippen LogP) is 2.75. The molecule has 2 rings (SSSR count). The Morgan fingerprint density at radius 2 is 1.83 bits per heavy atom. The van der Waals surface area contributed by atoms with Gasteiger partial charge in [-0.1, -0.05) is 19.3 Å². The summed E-state index contributed by atoms with van der Waals surface area (Å²) in [6.07, 6.45) is 6.53. The highest BCUT2D eigenvalue weighted by Gasteiger charge is 2.56. The lowest BCUT2D eigenvalue weighted by atomic mass is 9.86. The van der Waals surface area contributed by atoms with E-state index >= 15 is 0 Å². The fourth-order valence-electron chi connectivity index (χ4n) is 2.95. The maximum absolute atomic E-state index is 12.0. The van der Waals surface area contributed by atoms with E-state index in [2.05, 4.69) is 0 Å². The van der Waals surface area contributed by atoms with E-state index in [9.17, 15) is 9.59 Å². The van der Waals surface area contributed by atoms with E-state index in [4.69, 9.17) is 4.74 Å². The molecule has 0 aromatic heterocycles. The van der Waals surface area contributed by atoms with Gasteiger partial charge in [-0.15, -0.1) is 0 Å². The topological polar surface area (TPSA) is 46.4 Å². The van der Waals surface area contributed by atoms with E-state index in [0.717, 1.165) is 19.1 Å². The highest BCUT2D eigenvalue weighted by Crippen LogP contribution is 2.41. The van der Waals surface area contributed by atoms with Crippen LogP contribution in [-0.2, 0) is 9.53 Å². The molecule has 1 heterocycles. The summed E-state index contributed by atoms with van der Waals surface area (Å²) in [5, 5.41) is 0. The third kappa shape index (κ3) is 2.85. The molecule has 0 N–H and O–H groups in total. The zero-order valence-corrected chi connectivity index (χ0v) is 11.5. The largest absolute Gasteiger partial charge is 0.444 e. The Morgan fingerprint density at radius 3 is 2.33 bits per heavy atom. The molecule has 0 unspecified atom stereocenters. The van der Waals surface area contributed by atoms with Crippen molar-refractivity contribution in [2.75, 3.05) is 0 Å². The van der Waals surface area contributed by atoms with Crippen molar-refractivity contribution in [3.8, 4) is 0 Å². The number of rotatable bonds is 2. The number of ether oxygens (including phenoxy) is 1. The monoisotopic (exact) mass is 253 g/mol. The first-order valence-electron chi connectivity index (χ1n) is 6.90. The van der Waals surface area contributed by atoms with E-state index in [-0.39, 0.29) is 18.2 Å². The van der Waals surface area contributed by atoms with Crippen molar-refractivity contribution in [2.24, 2.45) is 5.92 Å². The van der Waals surface area contributed by atoms with Gasteiger partial charge in [-0.2, -0.15) is 0 Å². The van der Waals surface area contributed by atoms with Crippen molar-refractivity contribution in [1.29, 1.82) is 0 Å². The standard InChI is InChI=1S/C14H23NO3/c1-14(2,3)18-13(17)15-11(9-16)12(15)10-7-5-4-6-8-10/h9-12H,4-8H2,1-3H3/t11-,12+,15?/m0/s1. The Bertz CT molecular complexity index is 328. The second-order valence-corrected chi connectivity index (χ2v) is 6.40. The van der Waals surface area contributed by atoms with Crippen LogP contribution >= 0.6 is 0 Å². The summed E-state index contributed by atoms with van der Waals surface area (Å²) in [5.74, 6) is 0.487. The minimum Gasteiger partial charge on any atom is -0.444 e. The molecule has 102 valence electrons. The van der Waals surface area contributed by atoms with Crippen LogP contribution in [0.15, 0.2) is 0 Å². The molecule has 1 saturated heterocycles. The Labute approximate surface area is 109 Å². The zero-order chi connectivity index (χ0) is 13.3. The molecule has 1 saturated carbocycles. The highest BCUT2D eigenvalue weighted by atomic mass is 16.6. The molecular formula is C14H23NO3. The minimum absolute atomic E-state index is 0.0950. The SMILES string of the molecule is CC(C)(C)OC(=O)N1[C@H](C2CCCCC2)[C@@H]1C=O. The molecule has 2 fully saturated rings. The molecule has 2 aliphatic rings. The summed E-state index contributed by atoms with van der Waals surface area (Å²) in [4.78, 5) is 24.7. The molecule has 0 bridgehead atoms. The first-order chi connectivity index (χ1) is 8.44. The van der Waals surface area contributed by atoms with Crippen LogP contribution in [0.25, 0.3) is 0 Å². The van der Waals surface area contributed by atoms with Gasteiger partial charge in [0.05, 0.1) is 6.04 Å². The summed E-state index contributed by atoms with van der Waals surface area (Å²) in [5.41, 5.74) is -0.496. The summed E-state index contributed by atoms with van der Waals surface area (Å²) in [6, 6.07) is -0.152. The van der Waals surface area contributed by atoms with Crippen LogP contribution in [0.5, 0.6) is 0 Å². The molecule has 1 amide bonds. The van der Waals surface area contributed by atoms with Crippen LogP contribution in [0.1, 0.15) is 52.9 Å². The smallest absolute Gasteiger partial charge is 0.411 e. The minimum atomic E-state index is -0.496. The molecule has 4 heteroatoms. The van der Waals surface area contributed by atoms with Crippen LogP contribution in [0.2, 0.25) is 0 Å². The van der Waals surface area contributed by atoms with Gasteiger partial charge in [-0.3, -0.25) is 4.90 Å². The van der Waals surface area contributed by atoms with E-state index in [1.807, 2.05) is 20.8 Å². The van der Waals surface area contributed by atoms with Crippen molar-refractivity contribution in [3.63, 3.8) is 0 Å². The molecule has 0 spiro atoms. The van der Waals surface area contributed by atoms with Crippen LogP contribution < -0.4 is 0 Å². The number of carbonyl (C=O) groups excluding carboxylic acids is 2. The summed E-state index contributed by atoms with van der Waals surface area (Å²) < 4.78 is 5.34. The molecular weight excluding hydrogens is 230 g/mol. The van der Waals surface area contributed by atoms with Crippen molar-refractivity contribution in [2.45, 2.75) is 70.6 Å². The van der Waals surface area contributed by atoms with Crippen molar-refractivity contribution < 1.29 is 14.3 Å². The molecule has 18 heavy (non-hydrogen) atoms. The average molecular weight is 253 g/mol. The summed E-state index contributed by atoms with van der Waals surface area (Å²) in [6.45, 7) is 5.54. The maximum Gasteiger partial charge on any atom is 0.411 e. The number of nitrogens with zero attached hydrogens (tertiary/aromatic N) is 1. The Balaban J connectivity index is 1.96. The number of amides is 1. The van der Waals surface area contributed by atoms with Gasteiger partial charge in [-0.25, -0.2) is 4.79 Å². The van der Waals surface area contributed by atoms with Gasteiger partial charge in [0, 0.05) is 0 Å². The van der Waals surface area contributed by atoms with E-state index in [0.29, 0.717) is 5.92 Å². The number of hydrogen-bond acceptors (Lipinski definition) is 3. The van der Waals surface area contributed by atoms with Gasteiger partial charge in [0.1, 0.15) is 17.9 Å². The summed E-state index contributed by atoms with van der Waals surface area (Å²) >= 11 is 0.